The summed E-state index contributed by atoms with van der Waals surface area (Å²) in [6, 6.07) is 13.7. The number of aromatic amines is 1. The number of carbonyl (C=O) groups excluding carboxylic acids is 1. The largest absolute Gasteiger partial charge is 0.493 e. The van der Waals surface area contributed by atoms with Gasteiger partial charge in [-0.15, -0.1) is 0 Å². The summed E-state index contributed by atoms with van der Waals surface area (Å²) in [5.74, 6) is 2.10. The lowest BCUT2D eigenvalue weighted by Gasteiger charge is -2.23. The summed E-state index contributed by atoms with van der Waals surface area (Å²) in [7, 11) is 3.23. The van der Waals surface area contributed by atoms with Gasteiger partial charge in [0.25, 0.3) is 0 Å². The van der Waals surface area contributed by atoms with E-state index in [2.05, 4.69) is 15.1 Å². The number of ketones is 1. The molecule has 1 aliphatic carbocycles. The topological polar surface area (TPSA) is 82.0 Å². The number of rotatable bonds is 4. The highest BCUT2D eigenvalue weighted by molar-refractivity contribution is 6.00. The number of ether oxygens (including phenoxy) is 2. The van der Waals surface area contributed by atoms with Gasteiger partial charge >= 0.3 is 0 Å². The van der Waals surface area contributed by atoms with Crippen molar-refractivity contribution >= 4 is 16.8 Å². The standard InChI is InChI=1S/C23H22N4O3/c1-13-22-18(27(26-13)23-24-16-6-4-5-7-17(16)25-23)10-15(11-19(22)28)14-8-9-20(29-2)21(12-14)30-3/h4-9,12,15H,10-11H2,1-3H3,(H,24,25)/t15-/m1/s1. The van der Waals surface area contributed by atoms with E-state index in [1.54, 1.807) is 18.9 Å². The van der Waals surface area contributed by atoms with Crippen LogP contribution >= 0.6 is 0 Å². The average Bonchev–Trinajstić information content (AvgIpc) is 3.34. The Hall–Kier alpha value is -3.61. The number of methoxy groups -OCH3 is 2. The number of nitrogens with one attached hydrogen (secondary N) is 1. The lowest BCUT2D eigenvalue weighted by molar-refractivity contribution is 0.0963. The van der Waals surface area contributed by atoms with Gasteiger partial charge in [0, 0.05) is 6.42 Å². The quantitative estimate of drug-likeness (QED) is 0.558. The zero-order valence-electron chi connectivity index (χ0n) is 17.1. The molecule has 2 aromatic heterocycles. The van der Waals surface area contributed by atoms with Crippen LogP contribution in [0.25, 0.3) is 17.0 Å². The number of hydrogen-bond donors (Lipinski definition) is 1. The van der Waals surface area contributed by atoms with Crippen LogP contribution in [0.2, 0.25) is 0 Å². The van der Waals surface area contributed by atoms with Crippen LogP contribution in [0.15, 0.2) is 42.5 Å². The third-order valence-electron chi connectivity index (χ3n) is 5.76. The van der Waals surface area contributed by atoms with E-state index in [1.807, 2.05) is 49.4 Å². The minimum absolute atomic E-state index is 0.0315. The lowest BCUT2D eigenvalue weighted by Crippen LogP contribution is -2.21. The summed E-state index contributed by atoms with van der Waals surface area (Å²) >= 11 is 0. The van der Waals surface area contributed by atoms with Crippen molar-refractivity contribution in [2.45, 2.75) is 25.7 Å². The van der Waals surface area contributed by atoms with Gasteiger partial charge in [-0.25, -0.2) is 9.67 Å². The number of Topliss-reactive ketones (excluding diaryl/α,β-unsaturated/α-hetero) is 1. The number of benzene rings is 2. The molecule has 30 heavy (non-hydrogen) atoms. The van der Waals surface area contributed by atoms with Crippen LogP contribution in [0.4, 0.5) is 0 Å². The van der Waals surface area contributed by atoms with E-state index in [1.165, 1.54) is 0 Å². The molecule has 2 aromatic carbocycles. The highest BCUT2D eigenvalue weighted by Gasteiger charge is 2.33. The molecular weight excluding hydrogens is 380 g/mol. The Balaban J connectivity index is 1.58. The average molecular weight is 402 g/mol. The van der Waals surface area contributed by atoms with E-state index in [9.17, 15) is 4.79 Å². The van der Waals surface area contributed by atoms with Gasteiger partial charge < -0.3 is 14.5 Å². The van der Waals surface area contributed by atoms with Crippen LogP contribution < -0.4 is 9.47 Å². The fraction of sp³-hybridized carbons (Fsp3) is 0.261. The Morgan fingerprint density at radius 3 is 2.63 bits per heavy atom. The molecule has 152 valence electrons. The molecule has 0 fully saturated rings. The Bertz CT molecular complexity index is 1240. The predicted molar refractivity (Wildman–Crippen MR) is 113 cm³/mol. The summed E-state index contributed by atoms with van der Waals surface area (Å²) < 4.78 is 12.6. The minimum atomic E-state index is 0.0315. The van der Waals surface area contributed by atoms with Crippen molar-refractivity contribution in [2.24, 2.45) is 0 Å². The van der Waals surface area contributed by atoms with Gasteiger partial charge in [-0.05, 0) is 49.1 Å². The summed E-state index contributed by atoms with van der Waals surface area (Å²) in [5, 5.41) is 4.65. The number of fused-ring (bicyclic) bond motifs is 2. The van der Waals surface area contributed by atoms with Gasteiger partial charge in [0.2, 0.25) is 5.95 Å². The molecule has 2 heterocycles. The van der Waals surface area contributed by atoms with E-state index in [0.717, 1.165) is 28.0 Å². The Kier molecular flexibility index (Phi) is 4.31. The van der Waals surface area contributed by atoms with Gasteiger partial charge in [0.15, 0.2) is 17.3 Å². The fourth-order valence-corrected chi connectivity index (χ4v) is 4.32. The number of carbonyl (C=O) groups is 1. The molecule has 0 spiro atoms. The van der Waals surface area contributed by atoms with Crippen molar-refractivity contribution in [3.63, 3.8) is 0 Å². The normalized spacial score (nSPS) is 16.0. The molecule has 5 rings (SSSR count). The molecule has 0 saturated carbocycles. The van der Waals surface area contributed by atoms with Crippen LogP contribution in [0, 0.1) is 6.92 Å². The molecule has 7 heteroatoms. The first-order valence-electron chi connectivity index (χ1n) is 9.87. The predicted octanol–water partition coefficient (Wildman–Crippen LogP) is 3.99. The molecular formula is C23H22N4O3. The maximum absolute atomic E-state index is 13.0. The maximum atomic E-state index is 13.0. The van der Waals surface area contributed by atoms with Gasteiger partial charge in [-0.3, -0.25) is 4.79 Å². The van der Waals surface area contributed by atoms with Gasteiger partial charge in [0.1, 0.15) is 0 Å². The third kappa shape index (κ3) is 2.85. The van der Waals surface area contributed by atoms with E-state index < -0.39 is 0 Å². The Morgan fingerprint density at radius 2 is 1.87 bits per heavy atom. The Morgan fingerprint density at radius 1 is 1.07 bits per heavy atom. The lowest BCUT2D eigenvalue weighted by atomic mass is 9.81. The van der Waals surface area contributed by atoms with Crippen molar-refractivity contribution in [3.8, 4) is 17.4 Å². The monoisotopic (exact) mass is 402 g/mol. The maximum Gasteiger partial charge on any atom is 0.229 e. The first-order valence-corrected chi connectivity index (χ1v) is 9.87. The smallest absolute Gasteiger partial charge is 0.229 e. The van der Waals surface area contributed by atoms with Crippen LogP contribution in [0.5, 0.6) is 11.5 Å². The molecule has 0 aliphatic heterocycles. The van der Waals surface area contributed by atoms with E-state index in [0.29, 0.717) is 35.9 Å². The van der Waals surface area contributed by atoms with Crippen molar-refractivity contribution in [1.82, 2.24) is 19.7 Å². The molecule has 0 unspecified atom stereocenters. The highest BCUT2D eigenvalue weighted by Crippen LogP contribution is 2.38. The second kappa shape index (κ2) is 7.02. The van der Waals surface area contributed by atoms with E-state index >= 15 is 0 Å². The van der Waals surface area contributed by atoms with Gasteiger partial charge in [-0.2, -0.15) is 5.10 Å². The van der Waals surface area contributed by atoms with Crippen LogP contribution in [0.1, 0.15) is 39.6 Å². The van der Waals surface area contributed by atoms with Gasteiger partial charge in [-0.1, -0.05) is 18.2 Å². The van der Waals surface area contributed by atoms with Crippen molar-refractivity contribution in [2.75, 3.05) is 14.2 Å². The molecule has 0 amide bonds. The van der Waals surface area contributed by atoms with E-state index in [4.69, 9.17) is 9.47 Å². The number of para-hydroxylation sites is 2. The van der Waals surface area contributed by atoms with Crippen LogP contribution in [0.3, 0.4) is 0 Å². The summed E-state index contributed by atoms with van der Waals surface area (Å²) in [5.41, 5.74) is 5.19. The second-order valence-electron chi connectivity index (χ2n) is 7.54. The number of hydrogen-bond acceptors (Lipinski definition) is 5. The molecule has 0 radical (unpaired) electrons. The summed E-state index contributed by atoms with van der Waals surface area (Å²) in [4.78, 5) is 21.0. The molecule has 1 aliphatic rings. The van der Waals surface area contributed by atoms with Crippen molar-refractivity contribution in [3.05, 3.63) is 65.0 Å². The zero-order chi connectivity index (χ0) is 20.8. The summed E-state index contributed by atoms with van der Waals surface area (Å²) in [6.07, 6.45) is 1.13. The fourth-order valence-electron chi connectivity index (χ4n) is 4.32. The first kappa shape index (κ1) is 18.4. The molecule has 0 saturated heterocycles. The zero-order valence-corrected chi connectivity index (χ0v) is 17.1. The highest BCUT2D eigenvalue weighted by atomic mass is 16.5. The van der Waals surface area contributed by atoms with Crippen molar-refractivity contribution < 1.29 is 14.3 Å². The SMILES string of the molecule is COc1ccc([C@H]2CC(=O)c3c(C)nn(-c4nc5ccccc5[nH]4)c3C2)cc1OC. The molecule has 1 N–H and O–H groups in total. The first-order chi connectivity index (χ1) is 14.6. The second-order valence-corrected chi connectivity index (χ2v) is 7.54. The molecule has 1 atom stereocenters. The minimum Gasteiger partial charge on any atom is -0.493 e. The van der Waals surface area contributed by atoms with E-state index in [-0.39, 0.29) is 11.7 Å². The number of imidazole rings is 1. The molecule has 7 nitrogen and oxygen atoms in total. The number of aromatic nitrogens is 4. The molecule has 0 bridgehead atoms. The van der Waals surface area contributed by atoms with Crippen LogP contribution in [-0.2, 0) is 6.42 Å². The molecule has 4 aromatic rings. The number of aryl methyl sites for hydroxylation is 1. The van der Waals surface area contributed by atoms with Crippen molar-refractivity contribution in [1.29, 1.82) is 0 Å². The Labute approximate surface area is 173 Å². The number of nitrogens with zero attached hydrogens (tertiary/aromatic N) is 3. The number of H-pyrrole nitrogens is 1. The van der Waals surface area contributed by atoms with Crippen LogP contribution in [-0.4, -0.2) is 39.8 Å². The van der Waals surface area contributed by atoms with Gasteiger partial charge in [0.05, 0.1) is 42.2 Å². The summed E-state index contributed by atoms with van der Waals surface area (Å²) in [6.45, 7) is 1.88. The third-order valence-corrected chi connectivity index (χ3v) is 5.76.